The second kappa shape index (κ2) is 8.27. The summed E-state index contributed by atoms with van der Waals surface area (Å²) < 4.78 is 0. The number of pyridine rings is 1. The van der Waals surface area contributed by atoms with Gasteiger partial charge in [0.2, 0.25) is 5.91 Å². The largest absolute Gasteiger partial charge is 0.333 e. The number of rotatable bonds is 5. The van der Waals surface area contributed by atoms with Gasteiger partial charge in [0.05, 0.1) is 21.3 Å². The first-order valence-electron chi connectivity index (χ1n) is 9.15. The van der Waals surface area contributed by atoms with Gasteiger partial charge in [-0.25, -0.2) is 9.97 Å². The lowest BCUT2D eigenvalue weighted by Crippen LogP contribution is -2.23. The minimum atomic E-state index is -0.380. The molecule has 0 spiro atoms. The highest BCUT2D eigenvalue weighted by Gasteiger charge is 2.19. The Morgan fingerprint density at radius 3 is 2.72 bits per heavy atom. The van der Waals surface area contributed by atoms with Gasteiger partial charge >= 0.3 is 0 Å². The molecule has 29 heavy (non-hydrogen) atoms. The van der Waals surface area contributed by atoms with Crippen molar-refractivity contribution in [1.82, 2.24) is 15.0 Å². The zero-order valence-corrected chi connectivity index (χ0v) is 17.5. The van der Waals surface area contributed by atoms with Gasteiger partial charge in [0.15, 0.2) is 11.0 Å². The van der Waals surface area contributed by atoms with E-state index in [9.17, 15) is 4.79 Å². The molecule has 0 fully saturated rings. The second-order valence-electron chi connectivity index (χ2n) is 6.70. The van der Waals surface area contributed by atoms with E-state index in [2.05, 4.69) is 27.4 Å². The fourth-order valence-corrected chi connectivity index (χ4v) is 4.06. The Bertz CT molecular complexity index is 1180. The smallest absolute Gasteiger partial charge is 0.238 e. The van der Waals surface area contributed by atoms with E-state index in [-0.39, 0.29) is 11.2 Å². The predicted molar refractivity (Wildman–Crippen MR) is 119 cm³/mol. The van der Waals surface area contributed by atoms with E-state index >= 15 is 0 Å². The number of amides is 1. The summed E-state index contributed by atoms with van der Waals surface area (Å²) in [5, 5.41) is 3.52. The monoisotopic (exact) mass is 422 g/mol. The van der Waals surface area contributed by atoms with Crippen molar-refractivity contribution in [2.24, 2.45) is 0 Å². The second-order valence-corrected chi connectivity index (χ2v) is 8.44. The molecule has 0 radical (unpaired) electrons. The molecule has 2 aromatic carbocycles. The number of hydrogen-bond acceptors (Lipinski definition) is 4. The number of carbonyl (C=O) groups is 1. The summed E-state index contributed by atoms with van der Waals surface area (Å²) in [6, 6.07) is 17.9. The third-order valence-corrected chi connectivity index (χ3v) is 5.73. The summed E-state index contributed by atoms with van der Waals surface area (Å²) in [4.78, 5) is 24.8. The van der Waals surface area contributed by atoms with Crippen LogP contribution in [0.2, 0.25) is 5.02 Å². The van der Waals surface area contributed by atoms with Crippen LogP contribution in [0.15, 0.2) is 66.0 Å². The van der Waals surface area contributed by atoms with Crippen LogP contribution in [0.3, 0.4) is 0 Å². The maximum atomic E-state index is 12.6. The molecule has 1 amide bonds. The van der Waals surface area contributed by atoms with Crippen molar-refractivity contribution in [2.45, 2.75) is 24.3 Å². The number of halogens is 1. The van der Waals surface area contributed by atoms with Gasteiger partial charge < -0.3 is 10.3 Å². The molecule has 7 heteroatoms. The summed E-state index contributed by atoms with van der Waals surface area (Å²) in [5.74, 6) is 0.183. The van der Waals surface area contributed by atoms with Gasteiger partial charge in [-0.3, -0.25) is 4.79 Å². The number of carbonyl (C=O) groups excluding carboxylic acids is 1. The van der Waals surface area contributed by atoms with Crippen LogP contribution in [0.25, 0.3) is 22.2 Å². The van der Waals surface area contributed by atoms with Gasteiger partial charge in [-0.2, -0.15) is 0 Å². The Morgan fingerprint density at radius 1 is 1.17 bits per heavy atom. The van der Waals surface area contributed by atoms with Crippen LogP contribution in [0, 0.1) is 6.92 Å². The number of aromatic nitrogens is 3. The number of imidazole rings is 1. The topological polar surface area (TPSA) is 70.7 Å². The van der Waals surface area contributed by atoms with Crippen molar-refractivity contribution in [1.29, 1.82) is 0 Å². The molecule has 4 rings (SSSR count). The summed E-state index contributed by atoms with van der Waals surface area (Å²) in [7, 11) is 0. The summed E-state index contributed by atoms with van der Waals surface area (Å²) >= 11 is 7.53. The van der Waals surface area contributed by atoms with Gasteiger partial charge in [-0.15, -0.1) is 0 Å². The Hall–Kier alpha value is -2.83. The standard InChI is InChI=1S/C22H19ClN4OS/c1-13-11-17(23)20(24-12-13)27-21(28)14(2)29-22-25-18-10-6-9-16(19(18)26-22)15-7-4-3-5-8-15/h3-12,14H,1-2H3,(H,25,26)(H,24,27,28). The molecule has 0 bridgehead atoms. The van der Waals surface area contributed by atoms with Crippen LogP contribution >= 0.6 is 23.4 Å². The van der Waals surface area contributed by atoms with Crippen LogP contribution in [0.1, 0.15) is 12.5 Å². The molecule has 146 valence electrons. The maximum absolute atomic E-state index is 12.6. The van der Waals surface area contributed by atoms with Crippen molar-refractivity contribution < 1.29 is 4.79 Å². The summed E-state index contributed by atoms with van der Waals surface area (Å²) in [6.07, 6.45) is 1.67. The highest BCUT2D eigenvalue weighted by Crippen LogP contribution is 2.31. The number of thioether (sulfide) groups is 1. The van der Waals surface area contributed by atoms with Gasteiger partial charge in [0.1, 0.15) is 0 Å². The minimum absolute atomic E-state index is 0.183. The Labute approximate surface area is 177 Å². The van der Waals surface area contributed by atoms with E-state index in [4.69, 9.17) is 16.6 Å². The lowest BCUT2D eigenvalue weighted by molar-refractivity contribution is -0.115. The van der Waals surface area contributed by atoms with Crippen LogP contribution in [-0.2, 0) is 4.79 Å². The molecule has 0 saturated carbocycles. The number of fused-ring (bicyclic) bond motifs is 1. The van der Waals surface area contributed by atoms with Crippen molar-refractivity contribution in [3.05, 3.63) is 71.4 Å². The lowest BCUT2D eigenvalue weighted by Gasteiger charge is -2.11. The van der Waals surface area contributed by atoms with Gasteiger partial charge in [0.25, 0.3) is 0 Å². The van der Waals surface area contributed by atoms with Crippen LogP contribution in [0.4, 0.5) is 5.82 Å². The Morgan fingerprint density at radius 2 is 1.97 bits per heavy atom. The SMILES string of the molecule is Cc1cnc(NC(=O)C(C)Sc2nc3c(-c4ccccc4)cccc3[nH]2)c(Cl)c1. The number of para-hydroxylation sites is 1. The number of hydrogen-bond donors (Lipinski definition) is 2. The van der Waals surface area contributed by atoms with E-state index in [1.807, 2.05) is 50.2 Å². The molecule has 1 atom stereocenters. The number of anilines is 1. The Balaban J connectivity index is 1.54. The molecule has 5 nitrogen and oxygen atoms in total. The molecule has 0 aliphatic heterocycles. The average molecular weight is 423 g/mol. The molecule has 4 aromatic rings. The lowest BCUT2D eigenvalue weighted by atomic mass is 10.0. The molecule has 0 saturated heterocycles. The van der Waals surface area contributed by atoms with Gasteiger partial charge in [0, 0.05) is 11.8 Å². The number of H-pyrrole nitrogens is 1. The number of nitrogens with zero attached hydrogens (tertiary/aromatic N) is 2. The molecule has 1 unspecified atom stereocenters. The minimum Gasteiger partial charge on any atom is -0.333 e. The van der Waals surface area contributed by atoms with Crippen molar-refractivity contribution in [2.75, 3.05) is 5.32 Å². The van der Waals surface area contributed by atoms with Crippen LogP contribution < -0.4 is 5.32 Å². The Kier molecular flexibility index (Phi) is 5.56. The quantitative estimate of drug-likeness (QED) is 0.404. The van der Waals surface area contributed by atoms with E-state index in [0.29, 0.717) is 16.0 Å². The first-order valence-corrected chi connectivity index (χ1v) is 10.4. The molecule has 2 aromatic heterocycles. The molecule has 0 aliphatic rings. The third kappa shape index (κ3) is 4.28. The van der Waals surface area contributed by atoms with Gasteiger partial charge in [-0.1, -0.05) is 65.8 Å². The zero-order valence-electron chi connectivity index (χ0n) is 15.9. The molecular weight excluding hydrogens is 404 g/mol. The van der Waals surface area contributed by atoms with Crippen molar-refractivity contribution >= 4 is 46.1 Å². The fraction of sp³-hybridized carbons (Fsp3) is 0.136. The van der Waals surface area contributed by atoms with Crippen molar-refractivity contribution in [3.63, 3.8) is 0 Å². The average Bonchev–Trinajstić information content (AvgIpc) is 3.13. The number of benzene rings is 2. The number of aryl methyl sites for hydroxylation is 1. The van der Waals surface area contributed by atoms with E-state index in [0.717, 1.165) is 27.7 Å². The molecule has 2 N–H and O–H groups in total. The van der Waals surface area contributed by atoms with E-state index in [1.165, 1.54) is 11.8 Å². The maximum Gasteiger partial charge on any atom is 0.238 e. The first kappa shape index (κ1) is 19.5. The molecular formula is C22H19ClN4OS. The third-order valence-electron chi connectivity index (χ3n) is 4.45. The normalized spacial score (nSPS) is 12.1. The van der Waals surface area contributed by atoms with Crippen LogP contribution in [0.5, 0.6) is 0 Å². The predicted octanol–water partition coefficient (Wildman–Crippen LogP) is 5.71. The molecule has 2 heterocycles. The first-order chi connectivity index (χ1) is 14.0. The van der Waals surface area contributed by atoms with Crippen molar-refractivity contribution in [3.8, 4) is 11.1 Å². The summed E-state index contributed by atoms with van der Waals surface area (Å²) in [6.45, 7) is 3.72. The highest BCUT2D eigenvalue weighted by atomic mass is 35.5. The van der Waals surface area contributed by atoms with Crippen LogP contribution in [-0.4, -0.2) is 26.1 Å². The summed E-state index contributed by atoms with van der Waals surface area (Å²) in [5.41, 5.74) is 4.92. The fourth-order valence-electron chi connectivity index (χ4n) is 2.98. The van der Waals surface area contributed by atoms with E-state index in [1.54, 1.807) is 12.3 Å². The number of nitrogens with one attached hydrogen (secondary N) is 2. The van der Waals surface area contributed by atoms with Gasteiger partial charge in [-0.05, 0) is 37.1 Å². The van der Waals surface area contributed by atoms with E-state index < -0.39 is 0 Å². The zero-order chi connectivity index (χ0) is 20.4. The molecule has 0 aliphatic carbocycles. The highest BCUT2D eigenvalue weighted by molar-refractivity contribution is 8.00. The number of aromatic amines is 1.